The maximum absolute atomic E-state index is 12.4. The standard InChI is InChI=1S/C16H18Cl2N2O2S/c1-20(2)16(12-6-4-3-5-7-12)11-19-23(21,22)13-8-9-14(17)15(18)10-13/h3-10,16,19H,11H2,1-2H3/p+1/t16-/m1/s1. The van der Waals surface area contributed by atoms with Crippen molar-refractivity contribution in [1.82, 2.24) is 4.72 Å². The Bertz CT molecular complexity index is 765. The molecule has 1 atom stereocenters. The van der Waals surface area contributed by atoms with Crippen LogP contribution in [0, 0.1) is 0 Å². The number of halogens is 2. The average Bonchev–Trinajstić information content (AvgIpc) is 2.50. The van der Waals surface area contributed by atoms with Gasteiger partial charge in [0.05, 0.1) is 35.6 Å². The monoisotopic (exact) mass is 373 g/mol. The highest BCUT2D eigenvalue weighted by molar-refractivity contribution is 7.89. The van der Waals surface area contributed by atoms with Crippen LogP contribution in [0.5, 0.6) is 0 Å². The minimum Gasteiger partial charge on any atom is -0.333 e. The molecule has 0 heterocycles. The first-order chi connectivity index (χ1) is 10.8. The molecule has 2 N–H and O–H groups in total. The third kappa shape index (κ3) is 4.68. The summed E-state index contributed by atoms with van der Waals surface area (Å²) in [6.07, 6.45) is 0. The van der Waals surface area contributed by atoms with E-state index in [1.165, 1.54) is 18.2 Å². The zero-order valence-electron chi connectivity index (χ0n) is 12.9. The Kier molecular flexibility index (Phi) is 6.06. The molecule has 0 aliphatic carbocycles. The zero-order chi connectivity index (χ0) is 17.0. The van der Waals surface area contributed by atoms with Gasteiger partial charge in [0, 0.05) is 5.56 Å². The molecule has 0 aliphatic heterocycles. The van der Waals surface area contributed by atoms with Crippen LogP contribution in [0.1, 0.15) is 11.6 Å². The number of rotatable bonds is 6. The summed E-state index contributed by atoms with van der Waals surface area (Å²) in [7, 11) is 0.340. The van der Waals surface area contributed by atoms with Crippen molar-refractivity contribution >= 4 is 33.2 Å². The lowest BCUT2D eigenvalue weighted by Crippen LogP contribution is -3.07. The highest BCUT2D eigenvalue weighted by Gasteiger charge is 2.22. The Balaban J connectivity index is 2.18. The molecule has 0 spiro atoms. The summed E-state index contributed by atoms with van der Waals surface area (Å²) < 4.78 is 27.5. The Hall–Kier alpha value is -1.11. The van der Waals surface area contributed by atoms with E-state index in [1.807, 2.05) is 44.4 Å². The van der Waals surface area contributed by atoms with Crippen LogP contribution < -0.4 is 9.62 Å². The normalized spacial score (nSPS) is 13.3. The second-order valence-corrected chi connectivity index (χ2v) is 8.05. The molecule has 0 radical (unpaired) electrons. The Morgan fingerprint density at radius 1 is 1.04 bits per heavy atom. The Morgan fingerprint density at radius 2 is 1.70 bits per heavy atom. The van der Waals surface area contributed by atoms with Gasteiger partial charge in [0.1, 0.15) is 6.04 Å². The molecule has 0 aliphatic rings. The fourth-order valence-corrected chi connectivity index (χ4v) is 3.70. The van der Waals surface area contributed by atoms with Crippen molar-refractivity contribution in [2.24, 2.45) is 0 Å². The molecular weight excluding hydrogens is 355 g/mol. The molecule has 0 aromatic heterocycles. The number of hydrogen-bond acceptors (Lipinski definition) is 2. The first kappa shape index (κ1) is 18.2. The number of likely N-dealkylation sites (N-methyl/N-ethyl adjacent to an activating group) is 1. The van der Waals surface area contributed by atoms with Gasteiger partial charge in [0.25, 0.3) is 0 Å². The molecule has 7 heteroatoms. The summed E-state index contributed by atoms with van der Waals surface area (Å²) in [6, 6.07) is 14.1. The highest BCUT2D eigenvalue weighted by Crippen LogP contribution is 2.24. The van der Waals surface area contributed by atoms with Gasteiger partial charge in [0.15, 0.2) is 0 Å². The van der Waals surface area contributed by atoms with Gasteiger partial charge < -0.3 is 4.90 Å². The van der Waals surface area contributed by atoms with Crippen LogP contribution in [-0.2, 0) is 10.0 Å². The van der Waals surface area contributed by atoms with Crippen molar-refractivity contribution in [3.8, 4) is 0 Å². The maximum atomic E-state index is 12.4. The van der Waals surface area contributed by atoms with Crippen LogP contribution in [0.15, 0.2) is 53.4 Å². The molecule has 0 fully saturated rings. The Morgan fingerprint density at radius 3 is 2.26 bits per heavy atom. The number of quaternary nitrogens is 1. The van der Waals surface area contributed by atoms with Gasteiger partial charge in [0.2, 0.25) is 10.0 Å². The van der Waals surface area contributed by atoms with Gasteiger partial charge in [-0.1, -0.05) is 53.5 Å². The van der Waals surface area contributed by atoms with Gasteiger partial charge in [-0.05, 0) is 18.2 Å². The Labute approximate surface area is 147 Å². The van der Waals surface area contributed by atoms with E-state index in [9.17, 15) is 8.42 Å². The first-order valence-corrected chi connectivity index (χ1v) is 9.35. The van der Waals surface area contributed by atoms with Crippen molar-refractivity contribution in [3.63, 3.8) is 0 Å². The fraction of sp³-hybridized carbons (Fsp3) is 0.250. The molecule has 4 nitrogen and oxygen atoms in total. The van der Waals surface area contributed by atoms with Crippen molar-refractivity contribution < 1.29 is 13.3 Å². The molecule has 0 unspecified atom stereocenters. The van der Waals surface area contributed by atoms with Gasteiger partial charge >= 0.3 is 0 Å². The zero-order valence-corrected chi connectivity index (χ0v) is 15.2. The van der Waals surface area contributed by atoms with Crippen LogP contribution in [0.3, 0.4) is 0 Å². The molecule has 0 saturated heterocycles. The minimum atomic E-state index is -3.64. The molecular formula is C16H19Cl2N2O2S+. The van der Waals surface area contributed by atoms with Crippen molar-refractivity contribution in [1.29, 1.82) is 0 Å². The summed E-state index contributed by atoms with van der Waals surface area (Å²) in [5.41, 5.74) is 1.07. The van der Waals surface area contributed by atoms with Gasteiger partial charge in [-0.2, -0.15) is 0 Å². The molecule has 2 aromatic rings. The maximum Gasteiger partial charge on any atom is 0.240 e. The van der Waals surface area contributed by atoms with Crippen LogP contribution >= 0.6 is 23.2 Å². The summed E-state index contributed by atoms with van der Waals surface area (Å²) in [5.74, 6) is 0. The van der Waals surface area contributed by atoms with E-state index in [4.69, 9.17) is 23.2 Å². The van der Waals surface area contributed by atoms with E-state index >= 15 is 0 Å². The molecule has 0 bridgehead atoms. The van der Waals surface area contributed by atoms with E-state index < -0.39 is 10.0 Å². The fourth-order valence-electron chi connectivity index (χ4n) is 2.26. The SMILES string of the molecule is C[NH+](C)[C@H](CNS(=O)(=O)c1ccc(Cl)c(Cl)c1)c1ccccc1. The molecule has 2 rings (SSSR count). The lowest BCUT2D eigenvalue weighted by atomic mass is 10.1. The number of benzene rings is 2. The second-order valence-electron chi connectivity index (χ2n) is 5.47. The lowest BCUT2D eigenvalue weighted by molar-refractivity contribution is -0.890. The second kappa shape index (κ2) is 7.64. The number of nitrogens with one attached hydrogen (secondary N) is 2. The van der Waals surface area contributed by atoms with E-state index in [0.717, 1.165) is 10.5 Å². The van der Waals surface area contributed by atoms with E-state index in [-0.39, 0.29) is 22.5 Å². The average molecular weight is 374 g/mol. The van der Waals surface area contributed by atoms with Crippen LogP contribution in [0.25, 0.3) is 0 Å². The van der Waals surface area contributed by atoms with Crippen molar-refractivity contribution in [2.45, 2.75) is 10.9 Å². The summed E-state index contributed by atoms with van der Waals surface area (Å²) >= 11 is 11.7. The van der Waals surface area contributed by atoms with E-state index in [0.29, 0.717) is 5.02 Å². The van der Waals surface area contributed by atoms with Gasteiger partial charge in [-0.25, -0.2) is 13.1 Å². The summed E-state index contributed by atoms with van der Waals surface area (Å²) in [4.78, 5) is 1.24. The smallest absolute Gasteiger partial charge is 0.240 e. The van der Waals surface area contributed by atoms with Crippen LogP contribution in [0.2, 0.25) is 10.0 Å². The summed E-state index contributed by atoms with van der Waals surface area (Å²) in [5, 5.41) is 0.540. The molecule has 124 valence electrons. The third-order valence-corrected chi connectivity index (χ3v) is 5.74. The lowest BCUT2D eigenvalue weighted by Gasteiger charge is -2.22. The molecule has 23 heavy (non-hydrogen) atoms. The largest absolute Gasteiger partial charge is 0.333 e. The number of sulfonamides is 1. The van der Waals surface area contributed by atoms with E-state index in [1.54, 1.807) is 0 Å². The highest BCUT2D eigenvalue weighted by atomic mass is 35.5. The molecule has 0 amide bonds. The number of hydrogen-bond donors (Lipinski definition) is 2. The van der Waals surface area contributed by atoms with Crippen molar-refractivity contribution in [2.75, 3.05) is 20.6 Å². The van der Waals surface area contributed by atoms with Crippen LogP contribution in [-0.4, -0.2) is 29.1 Å². The predicted molar refractivity (Wildman–Crippen MR) is 93.6 cm³/mol. The van der Waals surface area contributed by atoms with Crippen molar-refractivity contribution in [3.05, 3.63) is 64.1 Å². The topological polar surface area (TPSA) is 50.6 Å². The quantitative estimate of drug-likeness (QED) is 0.814. The van der Waals surface area contributed by atoms with Gasteiger partial charge in [-0.15, -0.1) is 0 Å². The predicted octanol–water partition coefficient (Wildman–Crippen LogP) is 2.16. The minimum absolute atomic E-state index is 0.00810. The van der Waals surface area contributed by atoms with Gasteiger partial charge in [-0.3, -0.25) is 0 Å². The van der Waals surface area contributed by atoms with E-state index in [2.05, 4.69) is 4.72 Å². The first-order valence-electron chi connectivity index (χ1n) is 7.11. The molecule has 2 aromatic carbocycles. The molecule has 0 saturated carbocycles. The summed E-state index contributed by atoms with van der Waals surface area (Å²) in [6.45, 7) is 0.287. The third-order valence-electron chi connectivity index (χ3n) is 3.58. The van der Waals surface area contributed by atoms with Crippen LogP contribution in [0.4, 0.5) is 0 Å².